The van der Waals surface area contributed by atoms with E-state index in [1.54, 1.807) is 6.20 Å². The van der Waals surface area contributed by atoms with Crippen LogP contribution >= 0.6 is 0 Å². The van der Waals surface area contributed by atoms with E-state index in [0.29, 0.717) is 12.5 Å². The van der Waals surface area contributed by atoms with Crippen molar-refractivity contribution in [3.8, 4) is 0 Å². The summed E-state index contributed by atoms with van der Waals surface area (Å²) < 4.78 is 15.7. The first-order valence-electron chi connectivity index (χ1n) is 11.4. The Hall–Kier alpha value is -3.19. The highest BCUT2D eigenvalue weighted by atomic mass is 19.1. The summed E-state index contributed by atoms with van der Waals surface area (Å²) in [6.07, 6.45) is 6.93. The van der Waals surface area contributed by atoms with E-state index in [4.69, 9.17) is 4.98 Å². The Morgan fingerprint density at radius 1 is 1.06 bits per heavy atom. The predicted octanol–water partition coefficient (Wildman–Crippen LogP) is 4.31. The number of halogens is 1. The van der Waals surface area contributed by atoms with Gasteiger partial charge in [0.15, 0.2) is 5.95 Å². The molecule has 4 aromatic rings. The van der Waals surface area contributed by atoms with Crippen molar-refractivity contribution in [2.45, 2.75) is 25.8 Å². The van der Waals surface area contributed by atoms with Crippen LogP contribution in [-0.4, -0.2) is 50.6 Å². The summed E-state index contributed by atoms with van der Waals surface area (Å²) in [7, 11) is 0. The number of aromatic nitrogens is 4. The third kappa shape index (κ3) is 4.83. The minimum absolute atomic E-state index is 0.199. The number of hydrogen-bond acceptors (Lipinski definition) is 4. The normalized spacial score (nSPS) is 15.4. The molecule has 0 spiro atoms. The van der Waals surface area contributed by atoms with Gasteiger partial charge in [-0.3, -0.25) is 0 Å². The average Bonchev–Trinajstić information content (AvgIpc) is 3.45. The molecule has 0 atom stereocenters. The zero-order chi connectivity index (χ0) is 21.8. The molecule has 2 aromatic carbocycles. The van der Waals surface area contributed by atoms with E-state index in [2.05, 4.69) is 43.0 Å². The van der Waals surface area contributed by atoms with Crippen LogP contribution in [0.5, 0.6) is 0 Å². The van der Waals surface area contributed by atoms with Crippen molar-refractivity contribution in [1.29, 1.82) is 0 Å². The number of nitrogens with zero attached hydrogens (tertiary/aromatic N) is 4. The lowest BCUT2D eigenvalue weighted by molar-refractivity contribution is 0.188. The number of imidazole rings is 2. The van der Waals surface area contributed by atoms with Crippen molar-refractivity contribution in [2.24, 2.45) is 5.92 Å². The molecule has 0 amide bonds. The van der Waals surface area contributed by atoms with Gasteiger partial charge >= 0.3 is 0 Å². The number of para-hydroxylation sites is 2. The summed E-state index contributed by atoms with van der Waals surface area (Å²) in [5, 5.41) is 3.33. The van der Waals surface area contributed by atoms with Crippen LogP contribution in [0.3, 0.4) is 0 Å². The second-order valence-corrected chi connectivity index (χ2v) is 8.58. The molecule has 0 radical (unpaired) electrons. The number of H-pyrrole nitrogens is 1. The molecule has 1 aliphatic heterocycles. The molecular formula is C25H29FN6. The molecule has 2 aromatic heterocycles. The van der Waals surface area contributed by atoms with Gasteiger partial charge < -0.3 is 19.8 Å². The SMILES string of the molecule is Fc1ccc(Cn2c(CC3CCN(CCNc4ncc[nH]4)CC3)nc3ccccc32)cc1. The maximum absolute atomic E-state index is 13.4. The lowest BCUT2D eigenvalue weighted by Gasteiger charge is -2.31. The molecule has 0 saturated carbocycles. The van der Waals surface area contributed by atoms with Crippen LogP contribution in [0, 0.1) is 11.7 Å². The fourth-order valence-corrected chi connectivity index (χ4v) is 4.60. The van der Waals surface area contributed by atoms with Crippen molar-refractivity contribution in [3.05, 3.63) is 78.1 Å². The number of hydrogen-bond donors (Lipinski definition) is 2. The molecule has 166 valence electrons. The first-order valence-corrected chi connectivity index (χ1v) is 11.4. The van der Waals surface area contributed by atoms with Crippen molar-refractivity contribution in [3.63, 3.8) is 0 Å². The zero-order valence-corrected chi connectivity index (χ0v) is 18.2. The molecule has 6 nitrogen and oxygen atoms in total. The van der Waals surface area contributed by atoms with Crippen LogP contribution in [-0.2, 0) is 13.0 Å². The number of nitrogens with one attached hydrogen (secondary N) is 2. The summed E-state index contributed by atoms with van der Waals surface area (Å²) in [6, 6.07) is 15.1. The van der Waals surface area contributed by atoms with E-state index in [1.807, 2.05) is 24.4 Å². The molecule has 5 rings (SSSR count). The van der Waals surface area contributed by atoms with Crippen LogP contribution in [0.2, 0.25) is 0 Å². The summed E-state index contributed by atoms with van der Waals surface area (Å²) in [5.74, 6) is 2.40. The van der Waals surface area contributed by atoms with E-state index >= 15 is 0 Å². The van der Waals surface area contributed by atoms with Crippen LogP contribution in [0.4, 0.5) is 10.3 Å². The molecule has 2 N–H and O–H groups in total. The Morgan fingerprint density at radius 2 is 1.88 bits per heavy atom. The average molecular weight is 433 g/mol. The largest absolute Gasteiger partial charge is 0.355 e. The Bertz CT molecular complexity index is 1130. The molecule has 0 bridgehead atoms. The molecule has 1 aliphatic rings. The molecule has 3 heterocycles. The standard InChI is InChI=1S/C25H29FN6/c26-21-7-5-20(6-8-21)18-32-23-4-2-1-3-22(23)30-24(32)17-19-9-14-31(15-10-19)16-13-29-25-27-11-12-28-25/h1-8,11-12,19H,9-10,13-18H2,(H2,27,28,29). The lowest BCUT2D eigenvalue weighted by atomic mass is 9.93. The molecule has 32 heavy (non-hydrogen) atoms. The second-order valence-electron chi connectivity index (χ2n) is 8.58. The molecule has 1 fully saturated rings. The number of likely N-dealkylation sites (tertiary alicyclic amines) is 1. The zero-order valence-electron chi connectivity index (χ0n) is 18.2. The fourth-order valence-electron chi connectivity index (χ4n) is 4.60. The Morgan fingerprint density at radius 3 is 2.66 bits per heavy atom. The molecule has 7 heteroatoms. The summed E-state index contributed by atoms with van der Waals surface area (Å²) >= 11 is 0. The van der Waals surface area contributed by atoms with Crippen molar-refractivity contribution in [1.82, 2.24) is 24.4 Å². The number of benzene rings is 2. The van der Waals surface area contributed by atoms with Gasteiger partial charge in [-0.05, 0) is 61.7 Å². The quantitative estimate of drug-likeness (QED) is 0.436. The van der Waals surface area contributed by atoms with Crippen molar-refractivity contribution < 1.29 is 4.39 Å². The molecular weight excluding hydrogens is 403 g/mol. The van der Waals surface area contributed by atoms with Gasteiger partial charge in [0.1, 0.15) is 11.6 Å². The van der Waals surface area contributed by atoms with Crippen LogP contribution < -0.4 is 5.32 Å². The Balaban J connectivity index is 1.22. The van der Waals surface area contributed by atoms with Gasteiger partial charge in [-0.2, -0.15) is 0 Å². The van der Waals surface area contributed by atoms with Gasteiger partial charge in [0.05, 0.1) is 11.0 Å². The minimum atomic E-state index is -0.199. The highest BCUT2D eigenvalue weighted by Gasteiger charge is 2.22. The second kappa shape index (κ2) is 9.53. The van der Waals surface area contributed by atoms with E-state index in [-0.39, 0.29) is 5.82 Å². The van der Waals surface area contributed by atoms with Gasteiger partial charge in [0.25, 0.3) is 0 Å². The summed E-state index contributed by atoms with van der Waals surface area (Å²) in [6.45, 7) is 4.86. The molecule has 0 unspecified atom stereocenters. The number of anilines is 1. The lowest BCUT2D eigenvalue weighted by Crippen LogP contribution is -2.37. The monoisotopic (exact) mass is 432 g/mol. The summed E-state index contributed by atoms with van der Waals surface area (Å²) in [5.41, 5.74) is 3.27. The van der Waals surface area contributed by atoms with E-state index in [0.717, 1.165) is 61.0 Å². The highest BCUT2D eigenvalue weighted by Crippen LogP contribution is 2.25. The van der Waals surface area contributed by atoms with Crippen molar-refractivity contribution in [2.75, 3.05) is 31.5 Å². The highest BCUT2D eigenvalue weighted by molar-refractivity contribution is 5.76. The first-order chi connectivity index (χ1) is 15.7. The number of aromatic amines is 1. The first kappa shape index (κ1) is 20.7. The molecule has 1 saturated heterocycles. The van der Waals surface area contributed by atoms with E-state index in [1.165, 1.54) is 25.0 Å². The number of piperidine rings is 1. The van der Waals surface area contributed by atoms with Gasteiger partial charge in [-0.15, -0.1) is 0 Å². The van der Waals surface area contributed by atoms with Gasteiger partial charge in [0.2, 0.25) is 0 Å². The van der Waals surface area contributed by atoms with Gasteiger partial charge in [-0.1, -0.05) is 24.3 Å². The topological polar surface area (TPSA) is 61.8 Å². The van der Waals surface area contributed by atoms with E-state index < -0.39 is 0 Å². The van der Waals surface area contributed by atoms with Crippen LogP contribution in [0.25, 0.3) is 11.0 Å². The number of fused-ring (bicyclic) bond motifs is 1. The Kier molecular flexibility index (Phi) is 6.16. The minimum Gasteiger partial charge on any atom is -0.355 e. The van der Waals surface area contributed by atoms with Crippen molar-refractivity contribution >= 4 is 17.0 Å². The Labute approximate surface area is 187 Å². The van der Waals surface area contributed by atoms with Crippen LogP contribution in [0.1, 0.15) is 24.2 Å². The van der Waals surface area contributed by atoms with E-state index in [9.17, 15) is 4.39 Å². The smallest absolute Gasteiger partial charge is 0.200 e. The maximum atomic E-state index is 13.4. The third-order valence-corrected chi connectivity index (χ3v) is 6.38. The summed E-state index contributed by atoms with van der Waals surface area (Å²) in [4.78, 5) is 14.8. The van der Waals surface area contributed by atoms with Crippen LogP contribution in [0.15, 0.2) is 60.9 Å². The maximum Gasteiger partial charge on any atom is 0.200 e. The third-order valence-electron chi connectivity index (χ3n) is 6.38. The predicted molar refractivity (Wildman–Crippen MR) is 125 cm³/mol. The van der Waals surface area contributed by atoms with Gasteiger partial charge in [-0.25, -0.2) is 14.4 Å². The molecule has 0 aliphatic carbocycles. The van der Waals surface area contributed by atoms with Gasteiger partial charge in [0, 0.05) is 38.4 Å². The number of rotatable bonds is 8. The fraction of sp³-hybridized carbons (Fsp3) is 0.360.